The zero-order valence-corrected chi connectivity index (χ0v) is 11.4. The van der Waals surface area contributed by atoms with Crippen molar-refractivity contribution in [1.82, 2.24) is 5.32 Å². The molecule has 90 valence electrons. The summed E-state index contributed by atoms with van der Waals surface area (Å²) >= 11 is 6.02. The summed E-state index contributed by atoms with van der Waals surface area (Å²) in [6.45, 7) is 9.79. The molecule has 0 aromatic heterocycles. The van der Waals surface area contributed by atoms with Crippen LogP contribution in [0.3, 0.4) is 0 Å². The molecule has 1 aromatic rings. The van der Waals surface area contributed by atoms with Gasteiger partial charge < -0.3 is 5.32 Å². The maximum atomic E-state index is 6.02. The third kappa shape index (κ3) is 4.54. The van der Waals surface area contributed by atoms with E-state index in [4.69, 9.17) is 11.6 Å². The number of rotatable bonds is 4. The van der Waals surface area contributed by atoms with E-state index in [-0.39, 0.29) is 5.54 Å². The second-order valence-corrected chi connectivity index (χ2v) is 5.73. The van der Waals surface area contributed by atoms with Gasteiger partial charge in [0.15, 0.2) is 0 Å². The largest absolute Gasteiger partial charge is 0.311 e. The smallest absolute Gasteiger partial charge is 0.0408 e. The maximum Gasteiger partial charge on any atom is 0.0408 e. The quantitative estimate of drug-likeness (QED) is 0.830. The third-order valence-corrected chi connectivity index (χ3v) is 2.93. The van der Waals surface area contributed by atoms with E-state index in [2.05, 4.69) is 45.1 Å². The molecule has 1 unspecified atom stereocenters. The summed E-state index contributed by atoms with van der Waals surface area (Å²) in [5.41, 5.74) is 1.50. The van der Waals surface area contributed by atoms with Gasteiger partial charge in [0.25, 0.3) is 0 Å². The lowest BCUT2D eigenvalue weighted by molar-refractivity contribution is 0.403. The van der Waals surface area contributed by atoms with Crippen LogP contribution in [0.1, 0.15) is 45.6 Å². The van der Waals surface area contributed by atoms with Gasteiger partial charge in [-0.15, -0.1) is 0 Å². The predicted molar refractivity (Wildman–Crippen MR) is 72.2 cm³/mol. The van der Waals surface area contributed by atoms with Crippen LogP contribution < -0.4 is 5.32 Å². The lowest BCUT2D eigenvalue weighted by atomic mass is 9.95. The van der Waals surface area contributed by atoms with E-state index >= 15 is 0 Å². The van der Waals surface area contributed by atoms with Crippen LogP contribution in [0.15, 0.2) is 24.3 Å². The summed E-state index contributed by atoms with van der Waals surface area (Å²) in [6.07, 6.45) is 1.13. The normalized spacial score (nSPS) is 13.8. The van der Waals surface area contributed by atoms with E-state index in [1.165, 1.54) is 5.56 Å². The molecule has 0 radical (unpaired) electrons. The second kappa shape index (κ2) is 5.70. The fourth-order valence-electron chi connectivity index (χ4n) is 1.69. The molecular weight excluding hydrogens is 218 g/mol. The van der Waals surface area contributed by atoms with Crippen LogP contribution in [0.4, 0.5) is 0 Å². The molecule has 1 rings (SSSR count). The van der Waals surface area contributed by atoms with E-state index in [1.54, 1.807) is 0 Å². The van der Waals surface area contributed by atoms with Crippen molar-refractivity contribution in [1.29, 1.82) is 0 Å². The van der Waals surface area contributed by atoms with Crippen molar-refractivity contribution >= 4 is 11.6 Å². The fourth-order valence-corrected chi connectivity index (χ4v) is 1.89. The molecule has 0 fully saturated rings. The van der Waals surface area contributed by atoms with Crippen molar-refractivity contribution < 1.29 is 0 Å². The molecule has 2 heteroatoms. The number of hydrogen-bond acceptors (Lipinski definition) is 1. The van der Waals surface area contributed by atoms with Gasteiger partial charge in [0, 0.05) is 17.1 Å². The summed E-state index contributed by atoms with van der Waals surface area (Å²) < 4.78 is 0. The van der Waals surface area contributed by atoms with Crippen LogP contribution >= 0.6 is 11.6 Å². The van der Waals surface area contributed by atoms with Crippen molar-refractivity contribution in [2.75, 3.05) is 6.54 Å². The molecule has 0 amide bonds. The highest BCUT2D eigenvalue weighted by Gasteiger charge is 2.14. The first kappa shape index (κ1) is 13.5. The Kier molecular flexibility index (Phi) is 4.82. The van der Waals surface area contributed by atoms with Gasteiger partial charge in [-0.25, -0.2) is 0 Å². The first-order valence-corrected chi connectivity index (χ1v) is 6.30. The van der Waals surface area contributed by atoms with Crippen LogP contribution in [0.25, 0.3) is 0 Å². The van der Waals surface area contributed by atoms with Crippen molar-refractivity contribution in [2.24, 2.45) is 0 Å². The highest BCUT2D eigenvalue weighted by atomic mass is 35.5. The van der Waals surface area contributed by atoms with Crippen LogP contribution in [0.5, 0.6) is 0 Å². The summed E-state index contributed by atoms with van der Waals surface area (Å²) in [4.78, 5) is 0. The molecule has 0 heterocycles. The molecule has 16 heavy (non-hydrogen) atoms. The van der Waals surface area contributed by atoms with Crippen LogP contribution in [-0.2, 0) is 0 Å². The molecule has 0 aliphatic carbocycles. The van der Waals surface area contributed by atoms with Crippen molar-refractivity contribution in [2.45, 2.75) is 45.6 Å². The summed E-state index contributed by atoms with van der Waals surface area (Å²) in [5, 5.41) is 4.37. The Hall–Kier alpha value is -0.530. The maximum absolute atomic E-state index is 6.02. The molecule has 0 bridgehead atoms. The van der Waals surface area contributed by atoms with E-state index < -0.39 is 0 Å². The molecule has 0 saturated heterocycles. The van der Waals surface area contributed by atoms with Crippen LogP contribution in [-0.4, -0.2) is 12.1 Å². The molecular formula is C14H22ClN. The van der Waals surface area contributed by atoms with Crippen molar-refractivity contribution in [3.8, 4) is 0 Å². The van der Waals surface area contributed by atoms with Crippen LogP contribution in [0.2, 0.25) is 5.02 Å². The van der Waals surface area contributed by atoms with Gasteiger partial charge in [-0.3, -0.25) is 0 Å². The van der Waals surface area contributed by atoms with E-state index in [0.29, 0.717) is 5.92 Å². The Morgan fingerprint density at radius 3 is 2.50 bits per heavy atom. The number of nitrogens with one attached hydrogen (secondary N) is 1. The Balaban J connectivity index is 2.68. The number of benzene rings is 1. The fraction of sp³-hybridized carbons (Fsp3) is 0.571. The van der Waals surface area contributed by atoms with Crippen molar-refractivity contribution in [3.05, 3.63) is 34.9 Å². The van der Waals surface area contributed by atoms with Gasteiger partial charge in [-0.2, -0.15) is 0 Å². The van der Waals surface area contributed by atoms with Gasteiger partial charge >= 0.3 is 0 Å². The van der Waals surface area contributed by atoms with Gasteiger partial charge in [-0.1, -0.05) is 30.7 Å². The molecule has 1 aromatic carbocycles. The average molecular weight is 240 g/mol. The lowest BCUT2D eigenvalue weighted by Gasteiger charge is -2.25. The highest BCUT2D eigenvalue weighted by Crippen LogP contribution is 2.22. The summed E-state index contributed by atoms with van der Waals surface area (Å²) in [7, 11) is 0. The van der Waals surface area contributed by atoms with Gasteiger partial charge in [0.1, 0.15) is 0 Å². The van der Waals surface area contributed by atoms with E-state index in [1.807, 2.05) is 12.1 Å². The second-order valence-electron chi connectivity index (χ2n) is 5.29. The SMILES string of the molecule is CCC(CNC(C)(C)C)c1cccc(Cl)c1. The molecule has 0 aliphatic heterocycles. The summed E-state index contributed by atoms with van der Waals surface area (Å²) in [6, 6.07) is 8.18. The zero-order chi connectivity index (χ0) is 12.2. The first-order chi connectivity index (χ1) is 7.42. The molecule has 0 aliphatic rings. The minimum absolute atomic E-state index is 0.173. The van der Waals surface area contributed by atoms with Crippen molar-refractivity contribution in [3.63, 3.8) is 0 Å². The average Bonchev–Trinajstić information content (AvgIpc) is 2.17. The Bertz CT molecular complexity index is 328. The summed E-state index contributed by atoms with van der Waals surface area (Å²) in [5.74, 6) is 0.540. The molecule has 1 nitrogen and oxygen atoms in total. The van der Waals surface area contributed by atoms with E-state index in [0.717, 1.165) is 18.0 Å². The first-order valence-electron chi connectivity index (χ1n) is 5.93. The number of halogens is 1. The predicted octanol–water partition coefficient (Wildman–Crippen LogP) is 4.22. The zero-order valence-electron chi connectivity index (χ0n) is 10.7. The van der Waals surface area contributed by atoms with Gasteiger partial charge in [0.2, 0.25) is 0 Å². The number of hydrogen-bond donors (Lipinski definition) is 1. The monoisotopic (exact) mass is 239 g/mol. The molecule has 0 saturated carbocycles. The minimum Gasteiger partial charge on any atom is -0.311 e. The highest BCUT2D eigenvalue weighted by molar-refractivity contribution is 6.30. The molecule has 0 spiro atoms. The Morgan fingerprint density at radius 2 is 2.00 bits per heavy atom. The molecule has 1 N–H and O–H groups in total. The Labute approximate surface area is 104 Å². The van der Waals surface area contributed by atoms with Gasteiger partial charge in [0.05, 0.1) is 0 Å². The lowest BCUT2D eigenvalue weighted by Crippen LogP contribution is -2.38. The minimum atomic E-state index is 0.173. The third-order valence-electron chi connectivity index (χ3n) is 2.69. The van der Waals surface area contributed by atoms with E-state index in [9.17, 15) is 0 Å². The van der Waals surface area contributed by atoms with Crippen LogP contribution in [0, 0.1) is 0 Å². The standard InChI is InChI=1S/C14H22ClN/c1-5-11(10-16-14(2,3)4)12-7-6-8-13(15)9-12/h6-9,11,16H,5,10H2,1-4H3. The Morgan fingerprint density at radius 1 is 1.31 bits per heavy atom. The topological polar surface area (TPSA) is 12.0 Å². The molecule has 1 atom stereocenters. The van der Waals surface area contributed by atoms with Gasteiger partial charge in [-0.05, 0) is 50.8 Å².